The molecule has 0 spiro atoms. The molecule has 33 heavy (non-hydrogen) atoms. The minimum absolute atomic E-state index is 0.0411. The van der Waals surface area contributed by atoms with E-state index in [-0.39, 0.29) is 22.5 Å². The molecule has 10 heteroatoms. The molecule has 0 saturated heterocycles. The predicted octanol–water partition coefficient (Wildman–Crippen LogP) is 5.56. The molecule has 2 N–H and O–H groups in total. The zero-order valence-corrected chi connectivity index (χ0v) is 18.6. The largest absolute Gasteiger partial charge is 0.497 e. The number of hydrogen-bond acceptors (Lipinski definition) is 6. The molecule has 3 aromatic carbocycles. The van der Waals surface area contributed by atoms with Gasteiger partial charge in [-0.3, -0.25) is 14.9 Å². The summed E-state index contributed by atoms with van der Waals surface area (Å²) in [5, 5.41) is 13.7. The highest BCUT2D eigenvalue weighted by atomic mass is 35.5. The van der Waals surface area contributed by atoms with E-state index in [9.17, 15) is 9.59 Å². The van der Waals surface area contributed by atoms with Crippen molar-refractivity contribution in [2.75, 3.05) is 17.7 Å². The summed E-state index contributed by atoms with van der Waals surface area (Å²) in [5.74, 6) is 0.110. The van der Waals surface area contributed by atoms with Crippen molar-refractivity contribution in [3.63, 3.8) is 0 Å². The van der Waals surface area contributed by atoms with Gasteiger partial charge in [0.1, 0.15) is 5.75 Å². The number of amides is 2. The van der Waals surface area contributed by atoms with Crippen LogP contribution in [0.5, 0.6) is 5.75 Å². The first-order valence-electron chi connectivity index (χ1n) is 9.58. The summed E-state index contributed by atoms with van der Waals surface area (Å²) < 4.78 is 10.6. The molecular formula is C23H16Cl2N4O4. The Bertz CT molecular complexity index is 1310. The zero-order chi connectivity index (χ0) is 23.4. The lowest BCUT2D eigenvalue weighted by molar-refractivity contribution is 0.101. The van der Waals surface area contributed by atoms with Gasteiger partial charge in [-0.2, -0.15) is 0 Å². The average molecular weight is 483 g/mol. The van der Waals surface area contributed by atoms with E-state index in [0.29, 0.717) is 27.6 Å². The number of nitrogens with one attached hydrogen (secondary N) is 2. The van der Waals surface area contributed by atoms with Crippen LogP contribution in [0.4, 0.5) is 11.7 Å². The van der Waals surface area contributed by atoms with Crippen LogP contribution in [0.25, 0.3) is 11.5 Å². The van der Waals surface area contributed by atoms with Gasteiger partial charge in [0.2, 0.25) is 5.89 Å². The highest BCUT2D eigenvalue weighted by Gasteiger charge is 2.14. The minimum Gasteiger partial charge on any atom is -0.497 e. The Morgan fingerprint density at radius 3 is 2.27 bits per heavy atom. The maximum absolute atomic E-state index is 12.5. The molecule has 0 saturated carbocycles. The lowest BCUT2D eigenvalue weighted by Crippen LogP contribution is -2.14. The topological polar surface area (TPSA) is 106 Å². The molecule has 4 rings (SSSR count). The van der Waals surface area contributed by atoms with Gasteiger partial charge >= 0.3 is 6.01 Å². The van der Waals surface area contributed by atoms with Crippen LogP contribution < -0.4 is 15.4 Å². The monoisotopic (exact) mass is 482 g/mol. The molecule has 2 amide bonds. The number of hydrogen-bond donors (Lipinski definition) is 2. The van der Waals surface area contributed by atoms with Crippen molar-refractivity contribution in [1.29, 1.82) is 0 Å². The van der Waals surface area contributed by atoms with Crippen LogP contribution in [0.15, 0.2) is 71.1 Å². The molecule has 0 radical (unpaired) electrons. The predicted molar refractivity (Wildman–Crippen MR) is 125 cm³/mol. The fourth-order valence-electron chi connectivity index (χ4n) is 2.87. The van der Waals surface area contributed by atoms with E-state index in [1.54, 1.807) is 61.7 Å². The van der Waals surface area contributed by atoms with Gasteiger partial charge in [0.05, 0.1) is 17.7 Å². The lowest BCUT2D eigenvalue weighted by Gasteiger charge is -2.08. The summed E-state index contributed by atoms with van der Waals surface area (Å²) in [5.41, 5.74) is 1.79. The zero-order valence-electron chi connectivity index (χ0n) is 17.1. The van der Waals surface area contributed by atoms with E-state index in [0.717, 1.165) is 0 Å². The van der Waals surface area contributed by atoms with Gasteiger partial charge in [0, 0.05) is 21.8 Å². The highest BCUT2D eigenvalue weighted by Crippen LogP contribution is 2.24. The number of benzene rings is 3. The third-order valence-corrected chi connectivity index (χ3v) is 5.11. The number of ether oxygens (including phenoxy) is 1. The molecule has 0 aliphatic heterocycles. The first-order valence-corrected chi connectivity index (χ1v) is 10.3. The van der Waals surface area contributed by atoms with Crippen LogP contribution in [0, 0.1) is 0 Å². The van der Waals surface area contributed by atoms with Crippen molar-refractivity contribution in [1.82, 2.24) is 10.2 Å². The van der Waals surface area contributed by atoms with Crippen molar-refractivity contribution in [2.45, 2.75) is 0 Å². The standard InChI is InChI=1S/C23H16Cl2N4O4/c1-32-17-9-4-14(5-10-17)22-28-29-23(33-22)27-20(30)13-2-7-16(8-3-13)26-21(31)18-11-6-15(24)12-19(18)25/h2-12H,1H3,(H,26,31)(H,27,29,30). The molecule has 0 aliphatic carbocycles. The molecule has 0 fully saturated rings. The Balaban J connectivity index is 1.39. The van der Waals surface area contributed by atoms with Gasteiger partial charge in [-0.05, 0) is 66.7 Å². The van der Waals surface area contributed by atoms with Gasteiger partial charge in [-0.15, -0.1) is 5.10 Å². The molecule has 0 aliphatic rings. The molecule has 8 nitrogen and oxygen atoms in total. The number of halogens is 2. The highest BCUT2D eigenvalue weighted by molar-refractivity contribution is 6.37. The summed E-state index contributed by atoms with van der Waals surface area (Å²) in [6, 6.07) is 17.9. The third-order valence-electron chi connectivity index (χ3n) is 4.56. The van der Waals surface area contributed by atoms with Gasteiger partial charge in [-0.25, -0.2) is 0 Å². The van der Waals surface area contributed by atoms with E-state index in [2.05, 4.69) is 20.8 Å². The quantitative estimate of drug-likeness (QED) is 0.372. The van der Waals surface area contributed by atoms with Crippen LogP contribution in [0.2, 0.25) is 10.0 Å². The van der Waals surface area contributed by atoms with Crippen LogP contribution in [0.1, 0.15) is 20.7 Å². The van der Waals surface area contributed by atoms with E-state index < -0.39 is 11.8 Å². The Morgan fingerprint density at radius 2 is 1.61 bits per heavy atom. The number of carbonyl (C=O) groups is 2. The molecule has 0 unspecified atom stereocenters. The second kappa shape index (κ2) is 9.72. The van der Waals surface area contributed by atoms with Gasteiger partial charge in [-0.1, -0.05) is 28.3 Å². The second-order valence-electron chi connectivity index (χ2n) is 6.75. The third kappa shape index (κ3) is 5.31. The second-order valence-corrected chi connectivity index (χ2v) is 7.59. The van der Waals surface area contributed by atoms with E-state index in [4.69, 9.17) is 32.4 Å². The SMILES string of the molecule is COc1ccc(-c2nnc(NC(=O)c3ccc(NC(=O)c4ccc(Cl)cc4Cl)cc3)o2)cc1. The Morgan fingerprint density at radius 1 is 0.879 bits per heavy atom. The minimum atomic E-state index is -0.446. The van der Waals surface area contributed by atoms with Gasteiger partial charge < -0.3 is 14.5 Å². The van der Waals surface area contributed by atoms with Gasteiger partial charge in [0.25, 0.3) is 11.8 Å². The van der Waals surface area contributed by atoms with Gasteiger partial charge in [0.15, 0.2) is 0 Å². The fraction of sp³-hybridized carbons (Fsp3) is 0.0435. The van der Waals surface area contributed by atoms with Crippen molar-refractivity contribution >= 4 is 46.7 Å². The lowest BCUT2D eigenvalue weighted by atomic mass is 10.1. The summed E-state index contributed by atoms with van der Waals surface area (Å²) in [7, 11) is 1.57. The number of carbonyl (C=O) groups excluding carboxylic acids is 2. The first-order chi connectivity index (χ1) is 15.9. The van der Waals surface area contributed by atoms with Crippen LogP contribution >= 0.6 is 23.2 Å². The van der Waals surface area contributed by atoms with E-state index in [1.807, 2.05) is 0 Å². The maximum atomic E-state index is 12.5. The maximum Gasteiger partial charge on any atom is 0.322 e. The number of rotatable bonds is 6. The first kappa shape index (κ1) is 22.3. The fourth-order valence-corrected chi connectivity index (χ4v) is 3.36. The summed E-state index contributed by atoms with van der Waals surface area (Å²) in [6.45, 7) is 0. The summed E-state index contributed by atoms with van der Waals surface area (Å²) >= 11 is 11.9. The molecule has 0 bridgehead atoms. The van der Waals surface area contributed by atoms with Crippen LogP contribution in [0.3, 0.4) is 0 Å². The number of methoxy groups -OCH3 is 1. The number of anilines is 2. The van der Waals surface area contributed by atoms with Crippen molar-refractivity contribution in [3.8, 4) is 17.2 Å². The van der Waals surface area contributed by atoms with E-state index in [1.165, 1.54) is 12.1 Å². The molecule has 4 aromatic rings. The van der Waals surface area contributed by atoms with Crippen LogP contribution in [-0.2, 0) is 0 Å². The smallest absolute Gasteiger partial charge is 0.322 e. The normalized spacial score (nSPS) is 10.5. The summed E-state index contributed by atoms with van der Waals surface area (Å²) in [4.78, 5) is 24.9. The molecule has 0 atom stereocenters. The number of aromatic nitrogens is 2. The Kier molecular flexibility index (Phi) is 6.58. The Hall–Kier alpha value is -3.88. The molecular weight excluding hydrogens is 467 g/mol. The average Bonchev–Trinajstić information content (AvgIpc) is 3.28. The molecule has 1 heterocycles. The van der Waals surface area contributed by atoms with Crippen molar-refractivity contribution in [2.24, 2.45) is 0 Å². The van der Waals surface area contributed by atoms with E-state index >= 15 is 0 Å². The molecule has 1 aromatic heterocycles. The van der Waals surface area contributed by atoms with Crippen molar-refractivity contribution < 1.29 is 18.7 Å². The number of nitrogens with zero attached hydrogens (tertiary/aromatic N) is 2. The van der Waals surface area contributed by atoms with Crippen LogP contribution in [-0.4, -0.2) is 29.1 Å². The molecule has 166 valence electrons. The van der Waals surface area contributed by atoms with Crippen molar-refractivity contribution in [3.05, 3.63) is 87.9 Å². The summed E-state index contributed by atoms with van der Waals surface area (Å²) in [6.07, 6.45) is 0. The Labute approximate surface area is 198 Å².